The van der Waals surface area contributed by atoms with Gasteiger partial charge in [0, 0.05) is 25.9 Å². The molecule has 0 amide bonds. The molecule has 0 aromatic heterocycles. The minimum Gasteiger partial charge on any atom is -0.370 e. The zero-order valence-electron chi connectivity index (χ0n) is 14.4. The Labute approximate surface area is 142 Å². The molecule has 3 nitrogen and oxygen atoms in total. The van der Waals surface area contributed by atoms with Crippen LogP contribution in [0.2, 0.25) is 0 Å². The first kappa shape index (κ1) is 16.9. The lowest BCUT2D eigenvalue weighted by Gasteiger charge is -2.35. The second-order valence-electron chi connectivity index (χ2n) is 7.64. The highest BCUT2D eigenvalue weighted by Crippen LogP contribution is 2.38. The maximum atomic E-state index is 13.3. The van der Waals surface area contributed by atoms with Gasteiger partial charge in [-0.1, -0.05) is 13.8 Å². The van der Waals surface area contributed by atoms with E-state index in [1.54, 1.807) is 12.1 Å². The van der Waals surface area contributed by atoms with Crippen LogP contribution in [-0.4, -0.2) is 29.6 Å². The summed E-state index contributed by atoms with van der Waals surface area (Å²) in [5.74, 6) is -0.480. The highest BCUT2D eigenvalue weighted by atomic mass is 19.1. The number of nitrogens with zero attached hydrogens (tertiary/aromatic N) is 1. The molecule has 1 saturated carbocycles. The van der Waals surface area contributed by atoms with Crippen molar-refractivity contribution in [3.05, 3.63) is 41.2 Å². The first-order chi connectivity index (χ1) is 11.4. The second-order valence-corrected chi connectivity index (χ2v) is 7.64. The summed E-state index contributed by atoms with van der Waals surface area (Å²) in [6, 6.07) is 6.13. The number of allylic oxidation sites excluding steroid dienone is 1. The lowest BCUT2D eigenvalue weighted by atomic mass is 9.73. The van der Waals surface area contributed by atoms with Gasteiger partial charge in [0.1, 0.15) is 5.82 Å². The van der Waals surface area contributed by atoms with Gasteiger partial charge in [-0.05, 0) is 54.5 Å². The van der Waals surface area contributed by atoms with E-state index in [2.05, 4.69) is 4.90 Å². The molecule has 1 saturated heterocycles. The summed E-state index contributed by atoms with van der Waals surface area (Å²) in [5.41, 5.74) is 1.51. The van der Waals surface area contributed by atoms with Gasteiger partial charge in [-0.3, -0.25) is 9.59 Å². The van der Waals surface area contributed by atoms with Crippen LogP contribution in [0.1, 0.15) is 51.5 Å². The third kappa shape index (κ3) is 3.42. The fourth-order valence-corrected chi connectivity index (χ4v) is 3.74. The number of hydrogen-bond acceptors (Lipinski definition) is 3. The zero-order valence-corrected chi connectivity index (χ0v) is 14.4. The maximum Gasteiger partial charge on any atom is 0.169 e. The highest BCUT2D eigenvalue weighted by molar-refractivity contribution is 6.26. The van der Waals surface area contributed by atoms with Crippen molar-refractivity contribution in [2.24, 2.45) is 5.41 Å². The Kier molecular flexibility index (Phi) is 4.57. The van der Waals surface area contributed by atoms with Crippen LogP contribution in [0.25, 0.3) is 5.70 Å². The van der Waals surface area contributed by atoms with Crippen molar-refractivity contribution in [3.8, 4) is 0 Å². The molecule has 0 N–H and O–H groups in total. The van der Waals surface area contributed by atoms with Crippen LogP contribution in [0.15, 0.2) is 29.8 Å². The van der Waals surface area contributed by atoms with E-state index in [1.807, 2.05) is 13.8 Å². The van der Waals surface area contributed by atoms with Crippen LogP contribution >= 0.6 is 0 Å². The van der Waals surface area contributed by atoms with Crippen LogP contribution in [-0.2, 0) is 9.59 Å². The van der Waals surface area contributed by atoms with Gasteiger partial charge in [0.15, 0.2) is 11.6 Å². The third-order valence-corrected chi connectivity index (χ3v) is 4.86. The topological polar surface area (TPSA) is 37.4 Å². The summed E-state index contributed by atoms with van der Waals surface area (Å²) >= 11 is 0. The van der Waals surface area contributed by atoms with E-state index >= 15 is 0 Å². The van der Waals surface area contributed by atoms with E-state index in [0.717, 1.165) is 37.9 Å². The van der Waals surface area contributed by atoms with E-state index in [0.29, 0.717) is 24.1 Å². The van der Waals surface area contributed by atoms with Crippen molar-refractivity contribution < 1.29 is 14.0 Å². The SMILES string of the molecule is CC1(C)CC(=O)C(=C(c2ccc(F)cc2)N2CCCCC2)C(=O)C1. The van der Waals surface area contributed by atoms with E-state index in [4.69, 9.17) is 0 Å². The minimum atomic E-state index is -0.316. The quantitative estimate of drug-likeness (QED) is 0.608. The van der Waals surface area contributed by atoms with Gasteiger partial charge < -0.3 is 4.90 Å². The van der Waals surface area contributed by atoms with Gasteiger partial charge in [0.25, 0.3) is 0 Å². The molecule has 1 aliphatic heterocycles. The molecule has 4 heteroatoms. The molecule has 0 spiro atoms. The first-order valence-electron chi connectivity index (χ1n) is 8.69. The van der Waals surface area contributed by atoms with E-state index in [1.165, 1.54) is 12.1 Å². The van der Waals surface area contributed by atoms with Crippen LogP contribution in [0.4, 0.5) is 4.39 Å². The highest BCUT2D eigenvalue weighted by Gasteiger charge is 2.38. The molecule has 3 rings (SSSR count). The summed E-state index contributed by atoms with van der Waals surface area (Å²) in [6.45, 7) is 5.58. The molecule has 0 radical (unpaired) electrons. The van der Waals surface area contributed by atoms with E-state index in [-0.39, 0.29) is 22.8 Å². The number of carbonyl (C=O) groups is 2. The average molecular weight is 329 g/mol. The van der Waals surface area contributed by atoms with Gasteiger partial charge in [0.2, 0.25) is 0 Å². The van der Waals surface area contributed by atoms with Crippen LogP contribution in [0, 0.1) is 11.2 Å². The van der Waals surface area contributed by atoms with Crippen LogP contribution in [0.3, 0.4) is 0 Å². The molecular formula is C20H24FNO2. The number of benzene rings is 1. The lowest BCUT2D eigenvalue weighted by molar-refractivity contribution is -0.127. The smallest absolute Gasteiger partial charge is 0.169 e. The molecule has 128 valence electrons. The fourth-order valence-electron chi connectivity index (χ4n) is 3.74. The molecule has 1 aromatic rings. The monoisotopic (exact) mass is 329 g/mol. The van der Waals surface area contributed by atoms with Crippen molar-refractivity contribution in [2.45, 2.75) is 46.0 Å². The summed E-state index contributed by atoms with van der Waals surface area (Å²) in [6.07, 6.45) is 4.02. The van der Waals surface area contributed by atoms with Gasteiger partial charge in [-0.15, -0.1) is 0 Å². The Bertz CT molecular complexity index is 660. The normalized spacial score (nSPS) is 21.1. The molecule has 1 aromatic carbocycles. The Morgan fingerprint density at radius 2 is 1.50 bits per heavy atom. The lowest BCUT2D eigenvalue weighted by Crippen LogP contribution is -2.36. The number of rotatable bonds is 2. The number of piperidine rings is 1. The molecule has 2 aliphatic rings. The fraction of sp³-hybridized carbons (Fsp3) is 0.500. The summed E-state index contributed by atoms with van der Waals surface area (Å²) in [5, 5.41) is 0. The molecule has 2 fully saturated rings. The molecular weight excluding hydrogens is 305 g/mol. The number of halogens is 1. The van der Waals surface area contributed by atoms with E-state index < -0.39 is 0 Å². The van der Waals surface area contributed by atoms with Gasteiger partial charge >= 0.3 is 0 Å². The van der Waals surface area contributed by atoms with Crippen molar-refractivity contribution in [1.82, 2.24) is 4.90 Å². The molecule has 0 unspecified atom stereocenters. The predicted octanol–water partition coefficient (Wildman–Crippen LogP) is 3.98. The maximum absolute atomic E-state index is 13.3. The molecule has 0 bridgehead atoms. The standard InChI is InChI=1S/C20H24FNO2/c1-20(2)12-16(23)18(17(24)13-20)19(22-10-4-3-5-11-22)14-6-8-15(21)9-7-14/h6-9H,3-5,10-13H2,1-2H3. The number of hydrogen-bond donors (Lipinski definition) is 0. The Hall–Kier alpha value is -1.97. The average Bonchev–Trinajstić information content (AvgIpc) is 2.52. The number of Topliss-reactive ketones (excluding diaryl/α,β-unsaturated/α-hetero) is 2. The summed E-state index contributed by atoms with van der Waals surface area (Å²) < 4.78 is 13.3. The number of carbonyl (C=O) groups excluding carboxylic acids is 2. The largest absolute Gasteiger partial charge is 0.370 e. The minimum absolute atomic E-state index is 0.0823. The molecule has 1 aliphatic carbocycles. The number of ketones is 2. The molecule has 24 heavy (non-hydrogen) atoms. The number of likely N-dealkylation sites (tertiary alicyclic amines) is 1. The molecule has 1 heterocycles. The van der Waals surface area contributed by atoms with Crippen LogP contribution in [0.5, 0.6) is 0 Å². The second kappa shape index (κ2) is 6.50. The first-order valence-corrected chi connectivity index (χ1v) is 8.69. The Balaban J connectivity index is 2.10. The molecule has 0 atom stereocenters. The third-order valence-electron chi connectivity index (χ3n) is 4.86. The van der Waals surface area contributed by atoms with Crippen molar-refractivity contribution in [2.75, 3.05) is 13.1 Å². The van der Waals surface area contributed by atoms with Crippen molar-refractivity contribution in [3.63, 3.8) is 0 Å². The van der Waals surface area contributed by atoms with Crippen molar-refractivity contribution >= 4 is 17.3 Å². The predicted molar refractivity (Wildman–Crippen MR) is 91.8 cm³/mol. The van der Waals surface area contributed by atoms with Crippen molar-refractivity contribution in [1.29, 1.82) is 0 Å². The van der Waals surface area contributed by atoms with Gasteiger partial charge in [-0.25, -0.2) is 4.39 Å². The summed E-state index contributed by atoms with van der Waals surface area (Å²) in [7, 11) is 0. The van der Waals surface area contributed by atoms with E-state index in [9.17, 15) is 14.0 Å². The van der Waals surface area contributed by atoms with Gasteiger partial charge in [-0.2, -0.15) is 0 Å². The Morgan fingerprint density at radius 3 is 2.04 bits per heavy atom. The van der Waals surface area contributed by atoms with Gasteiger partial charge in [0.05, 0.1) is 11.3 Å². The Morgan fingerprint density at radius 1 is 0.958 bits per heavy atom. The summed E-state index contributed by atoms with van der Waals surface area (Å²) in [4.78, 5) is 27.7. The van der Waals surface area contributed by atoms with Crippen LogP contribution < -0.4 is 0 Å². The zero-order chi connectivity index (χ0) is 17.3.